The number of benzene rings is 1. The Labute approximate surface area is 118 Å². The summed E-state index contributed by atoms with van der Waals surface area (Å²) in [6.45, 7) is 3.25. The van der Waals surface area contributed by atoms with Crippen molar-refractivity contribution in [2.75, 3.05) is 0 Å². The van der Waals surface area contributed by atoms with Crippen LogP contribution in [0, 0.1) is 7.05 Å². The Morgan fingerprint density at radius 1 is 1.44 bits per heavy atom. The minimum Gasteiger partial charge on any atom is -0.545 e. The van der Waals surface area contributed by atoms with Crippen molar-refractivity contribution in [2.24, 2.45) is 5.73 Å². The van der Waals surface area contributed by atoms with Crippen LogP contribution >= 0.6 is 0 Å². The van der Waals surface area contributed by atoms with Crippen molar-refractivity contribution < 1.29 is 42.3 Å². The van der Waals surface area contributed by atoms with Crippen molar-refractivity contribution in [1.29, 1.82) is 0 Å². The third-order valence-electron chi connectivity index (χ3n) is 1.85. The van der Waals surface area contributed by atoms with E-state index in [1.807, 2.05) is 6.07 Å². The first-order valence-electron chi connectivity index (χ1n) is 4.01. The molecule has 1 heterocycles. The first kappa shape index (κ1) is 14.8. The molecule has 0 bridgehead atoms. The molecule has 1 radical (unpaired) electrons. The molecule has 2 aromatic rings. The Kier molecular flexibility index (Phi) is 5.92. The van der Waals surface area contributed by atoms with Gasteiger partial charge in [-0.2, -0.15) is 7.05 Å². The fraction of sp³-hybridized carbons (Fsp3) is 0. The number of nitrogens with zero attached hydrogens (tertiary/aromatic N) is 2. The minimum atomic E-state index is -0.468. The van der Waals surface area contributed by atoms with Crippen LogP contribution in [0.2, 0.25) is 0 Å². The van der Waals surface area contributed by atoms with Gasteiger partial charge in [-0.15, -0.1) is 6.20 Å². The fourth-order valence-corrected chi connectivity index (χ4v) is 1.29. The van der Waals surface area contributed by atoms with Gasteiger partial charge in [-0.3, -0.25) is 11.6 Å². The van der Waals surface area contributed by atoms with Crippen LogP contribution in [-0.2, 0) is 37.5 Å². The van der Waals surface area contributed by atoms with Gasteiger partial charge in [0.1, 0.15) is 0 Å². The predicted octanol–water partition coefficient (Wildman–Crippen LogP) is 0.498. The van der Waals surface area contributed by atoms with Gasteiger partial charge in [0.15, 0.2) is 0 Å². The van der Waals surface area contributed by atoms with Crippen LogP contribution in [0.1, 0.15) is 10.4 Å². The molecule has 0 fully saturated rings. The van der Waals surface area contributed by atoms with E-state index in [1.54, 1.807) is 18.3 Å². The zero-order valence-corrected chi connectivity index (χ0v) is 11.3. The van der Waals surface area contributed by atoms with E-state index in [-0.39, 0.29) is 32.7 Å². The minimum absolute atomic E-state index is 0. The van der Waals surface area contributed by atoms with E-state index in [2.05, 4.69) is 18.9 Å². The van der Waals surface area contributed by atoms with E-state index >= 15 is 0 Å². The van der Waals surface area contributed by atoms with E-state index < -0.39 is 5.91 Å². The van der Waals surface area contributed by atoms with Crippen LogP contribution in [-0.4, -0.2) is 22.5 Å². The van der Waals surface area contributed by atoms with Gasteiger partial charge in [0.2, 0.25) is 0 Å². The fourth-order valence-electron chi connectivity index (χ4n) is 1.29. The van der Waals surface area contributed by atoms with E-state index in [4.69, 9.17) is 10.5 Å². The summed E-state index contributed by atoms with van der Waals surface area (Å²) in [5.74, 6) is -0.468. The molecule has 0 unspecified atom stereocenters. The summed E-state index contributed by atoms with van der Waals surface area (Å²) in [6.07, 6.45) is 1.74. The smallest absolute Gasteiger partial charge is 0.250 e. The first-order chi connectivity index (χ1) is 7.18. The average Bonchev–Trinajstić information content (AvgIpc) is 2.60. The Balaban J connectivity index is 0.000000711. The maximum Gasteiger partial charge on any atom is 0.250 e. The van der Waals surface area contributed by atoms with Gasteiger partial charge >= 0.3 is 0 Å². The van der Waals surface area contributed by atoms with Crippen LogP contribution < -0.4 is 5.73 Å². The maximum atomic E-state index is 11.0. The van der Waals surface area contributed by atoms with Gasteiger partial charge < -0.3 is 15.2 Å². The van der Waals surface area contributed by atoms with Gasteiger partial charge in [-0.1, -0.05) is 17.5 Å². The summed E-state index contributed by atoms with van der Waals surface area (Å²) in [5.41, 5.74) is 6.21. The van der Waals surface area contributed by atoms with Gasteiger partial charge in [-0.25, -0.2) is 5.10 Å². The number of hydrogen-bond donors (Lipinski definition) is 1. The summed E-state index contributed by atoms with van der Waals surface area (Å²) in [4.78, 5) is 18.7. The number of rotatable bonds is 1. The van der Waals surface area contributed by atoms with E-state index in [0.29, 0.717) is 11.1 Å². The molecule has 81 valence electrons. The SMILES string of the molecule is [CH-]=O.[CH2-]n1cc2cccc(C(N)=O)c2n1.[Y]. The molecular formula is C10H9N3O2Y-2. The molecule has 0 spiro atoms. The van der Waals surface area contributed by atoms with Crippen molar-refractivity contribution in [3.63, 3.8) is 0 Å². The van der Waals surface area contributed by atoms with Crippen LogP contribution in [0.15, 0.2) is 24.4 Å². The van der Waals surface area contributed by atoms with Crippen LogP contribution in [0.25, 0.3) is 10.9 Å². The molecule has 1 aromatic carbocycles. The molecule has 0 aliphatic rings. The van der Waals surface area contributed by atoms with Gasteiger partial charge in [0, 0.05) is 32.7 Å². The zero-order valence-electron chi connectivity index (χ0n) is 8.46. The quantitative estimate of drug-likeness (QED) is 0.614. The number of amides is 1. The molecule has 0 saturated heterocycles. The molecule has 2 rings (SSSR count). The van der Waals surface area contributed by atoms with Crippen molar-refractivity contribution in [3.8, 4) is 0 Å². The second-order valence-electron chi connectivity index (χ2n) is 2.78. The number of carbonyl (C=O) groups is 1. The largest absolute Gasteiger partial charge is 0.545 e. The second kappa shape index (κ2) is 6.40. The number of aromatic nitrogens is 2. The van der Waals surface area contributed by atoms with Gasteiger partial charge in [0.25, 0.3) is 5.91 Å². The Hall–Kier alpha value is -1.20. The molecule has 0 saturated carbocycles. The van der Waals surface area contributed by atoms with Crippen LogP contribution in [0.4, 0.5) is 0 Å². The molecule has 0 aliphatic carbocycles. The predicted molar refractivity (Wildman–Crippen MR) is 55.8 cm³/mol. The molecule has 0 aliphatic heterocycles. The van der Waals surface area contributed by atoms with Crippen molar-refractivity contribution in [3.05, 3.63) is 37.0 Å². The Bertz CT molecular complexity index is 496. The van der Waals surface area contributed by atoms with E-state index in [0.717, 1.165) is 5.39 Å². The molecule has 6 heteroatoms. The molecular weight excluding hydrogens is 283 g/mol. The van der Waals surface area contributed by atoms with Crippen molar-refractivity contribution in [1.82, 2.24) is 9.78 Å². The van der Waals surface area contributed by atoms with Gasteiger partial charge in [-0.05, 0) is 6.07 Å². The zero-order chi connectivity index (χ0) is 11.4. The van der Waals surface area contributed by atoms with E-state index in [9.17, 15) is 4.79 Å². The summed E-state index contributed by atoms with van der Waals surface area (Å²) < 4.78 is 1.41. The monoisotopic (exact) mass is 292 g/mol. The molecule has 16 heavy (non-hydrogen) atoms. The number of carbonyl (C=O) groups excluding carboxylic acids is 2. The maximum absolute atomic E-state index is 11.0. The number of primary amides is 1. The summed E-state index contributed by atoms with van der Waals surface area (Å²) in [6, 6.07) is 5.28. The standard InChI is InChI=1S/C9H8N3O.CHO.Y/c1-12-5-6-3-2-4-7(9(10)13)8(6)11-12;1-2;/h2-5H,1H2,(H2,10,13);1H;/q2*-1;. The molecule has 5 nitrogen and oxygen atoms in total. The van der Waals surface area contributed by atoms with E-state index in [1.165, 1.54) is 4.68 Å². The number of nitrogens with two attached hydrogens (primary N) is 1. The van der Waals surface area contributed by atoms with Crippen molar-refractivity contribution >= 4 is 23.6 Å². The van der Waals surface area contributed by atoms with Crippen LogP contribution in [0.5, 0.6) is 0 Å². The average molecular weight is 292 g/mol. The first-order valence-corrected chi connectivity index (χ1v) is 4.01. The number of hydrogen-bond acceptors (Lipinski definition) is 3. The third kappa shape index (κ3) is 2.90. The third-order valence-corrected chi connectivity index (χ3v) is 1.85. The normalized spacial score (nSPS) is 8.75. The molecule has 1 aromatic heterocycles. The number of fused-ring (bicyclic) bond motifs is 1. The summed E-state index contributed by atoms with van der Waals surface area (Å²) >= 11 is 0. The summed E-state index contributed by atoms with van der Waals surface area (Å²) in [5, 5.41) is 4.91. The second-order valence-corrected chi connectivity index (χ2v) is 2.78. The topological polar surface area (TPSA) is 78.0 Å². The molecule has 1 amide bonds. The summed E-state index contributed by atoms with van der Waals surface area (Å²) in [7, 11) is 3.61. The molecule has 0 atom stereocenters. The Morgan fingerprint density at radius 3 is 2.62 bits per heavy atom. The van der Waals surface area contributed by atoms with Crippen molar-refractivity contribution in [2.45, 2.75) is 0 Å². The van der Waals surface area contributed by atoms with Gasteiger partial charge in [0.05, 0.1) is 11.1 Å². The Morgan fingerprint density at radius 2 is 2.06 bits per heavy atom. The van der Waals surface area contributed by atoms with Crippen LogP contribution in [0.3, 0.4) is 0 Å². The molecule has 2 N–H and O–H groups in total.